The van der Waals surface area contributed by atoms with Gasteiger partial charge in [-0.15, -0.1) is 0 Å². The van der Waals surface area contributed by atoms with E-state index in [-0.39, 0.29) is 0 Å². The van der Waals surface area contributed by atoms with Gasteiger partial charge in [-0.05, 0) is 50.4 Å². The summed E-state index contributed by atoms with van der Waals surface area (Å²) in [5, 5.41) is 3.12. The average molecular weight is 265 g/mol. The monoisotopic (exact) mass is 265 g/mol. The van der Waals surface area contributed by atoms with Crippen molar-refractivity contribution in [1.82, 2.24) is 5.32 Å². The first-order valence-corrected chi connectivity index (χ1v) is 6.94. The maximum Gasteiger partial charge on any atom is 0.189 e. The van der Waals surface area contributed by atoms with Gasteiger partial charge in [0.25, 0.3) is 0 Å². The zero-order valence-corrected chi connectivity index (χ0v) is 11.8. The SMILES string of the molecule is CCOc1cc(CNC)ccc1OCOCC1CC1. The minimum atomic E-state index is 0.294. The standard InChI is InChI=1S/C15H23NO3/c1-3-18-15-8-13(9-16-2)6-7-14(15)19-11-17-10-12-4-5-12/h6-8,12,16H,3-5,9-11H2,1-2H3. The van der Waals surface area contributed by atoms with Gasteiger partial charge in [0, 0.05) is 6.54 Å². The molecule has 0 aliphatic heterocycles. The molecule has 1 saturated carbocycles. The molecule has 0 bridgehead atoms. The quantitative estimate of drug-likeness (QED) is 0.550. The highest BCUT2D eigenvalue weighted by Gasteiger charge is 2.21. The van der Waals surface area contributed by atoms with Gasteiger partial charge in [0.05, 0.1) is 13.2 Å². The maximum absolute atomic E-state index is 5.63. The summed E-state index contributed by atoms with van der Waals surface area (Å²) in [5.74, 6) is 2.29. The van der Waals surface area contributed by atoms with Gasteiger partial charge in [-0.25, -0.2) is 0 Å². The number of ether oxygens (including phenoxy) is 3. The highest BCUT2D eigenvalue weighted by molar-refractivity contribution is 5.43. The van der Waals surface area contributed by atoms with Crippen molar-refractivity contribution >= 4 is 0 Å². The lowest BCUT2D eigenvalue weighted by Crippen LogP contribution is -2.08. The molecular formula is C15H23NO3. The zero-order valence-electron chi connectivity index (χ0n) is 11.8. The Labute approximate surface area is 115 Å². The van der Waals surface area contributed by atoms with Gasteiger partial charge in [0.1, 0.15) is 0 Å². The molecule has 0 aromatic heterocycles. The number of rotatable bonds is 9. The fourth-order valence-electron chi connectivity index (χ4n) is 1.86. The fraction of sp³-hybridized carbons (Fsp3) is 0.600. The molecule has 1 aliphatic carbocycles. The number of hydrogen-bond acceptors (Lipinski definition) is 4. The van der Waals surface area contributed by atoms with E-state index in [2.05, 4.69) is 5.32 Å². The lowest BCUT2D eigenvalue weighted by Gasteiger charge is -2.13. The van der Waals surface area contributed by atoms with E-state index >= 15 is 0 Å². The Balaban J connectivity index is 1.88. The molecule has 0 saturated heterocycles. The molecule has 4 nitrogen and oxygen atoms in total. The van der Waals surface area contributed by atoms with E-state index in [4.69, 9.17) is 14.2 Å². The third kappa shape index (κ3) is 4.73. The molecule has 2 rings (SSSR count). The highest BCUT2D eigenvalue weighted by Crippen LogP contribution is 2.30. The average Bonchev–Trinajstić information content (AvgIpc) is 3.21. The summed E-state index contributed by atoms with van der Waals surface area (Å²) in [4.78, 5) is 0. The van der Waals surface area contributed by atoms with Gasteiger partial charge in [-0.2, -0.15) is 0 Å². The highest BCUT2D eigenvalue weighted by atomic mass is 16.7. The van der Waals surface area contributed by atoms with Crippen LogP contribution >= 0.6 is 0 Å². The van der Waals surface area contributed by atoms with E-state index in [9.17, 15) is 0 Å². The second-order valence-electron chi connectivity index (χ2n) is 4.82. The predicted octanol–water partition coefficient (Wildman–Crippen LogP) is 2.57. The summed E-state index contributed by atoms with van der Waals surface area (Å²) in [6, 6.07) is 5.99. The van der Waals surface area contributed by atoms with Crippen molar-refractivity contribution < 1.29 is 14.2 Å². The van der Waals surface area contributed by atoms with Crippen LogP contribution in [0.2, 0.25) is 0 Å². The van der Waals surface area contributed by atoms with Gasteiger partial charge in [-0.3, -0.25) is 0 Å². The van der Waals surface area contributed by atoms with Gasteiger partial charge < -0.3 is 19.5 Å². The van der Waals surface area contributed by atoms with Crippen LogP contribution in [0.1, 0.15) is 25.3 Å². The summed E-state index contributed by atoms with van der Waals surface area (Å²) in [5.41, 5.74) is 1.18. The van der Waals surface area contributed by atoms with Crippen LogP contribution in [0.4, 0.5) is 0 Å². The van der Waals surface area contributed by atoms with Crippen molar-refractivity contribution in [3.05, 3.63) is 23.8 Å². The van der Waals surface area contributed by atoms with Crippen LogP contribution < -0.4 is 14.8 Å². The van der Waals surface area contributed by atoms with E-state index in [1.54, 1.807) is 0 Å². The molecule has 4 heteroatoms. The molecule has 1 aliphatic rings. The molecule has 0 amide bonds. The third-order valence-corrected chi connectivity index (χ3v) is 3.04. The Kier molecular flexibility index (Phi) is 5.48. The molecule has 0 atom stereocenters. The second-order valence-corrected chi connectivity index (χ2v) is 4.82. The molecule has 0 unspecified atom stereocenters. The van der Waals surface area contributed by atoms with E-state index in [0.29, 0.717) is 13.4 Å². The lowest BCUT2D eigenvalue weighted by atomic mass is 10.2. The van der Waals surface area contributed by atoms with Crippen molar-refractivity contribution in [3.63, 3.8) is 0 Å². The Morgan fingerprint density at radius 1 is 1.21 bits per heavy atom. The number of nitrogens with one attached hydrogen (secondary N) is 1. The Bertz CT molecular complexity index is 391. The molecule has 1 aromatic carbocycles. The first-order valence-electron chi connectivity index (χ1n) is 6.94. The van der Waals surface area contributed by atoms with Crippen LogP contribution in [-0.2, 0) is 11.3 Å². The third-order valence-electron chi connectivity index (χ3n) is 3.04. The molecule has 0 heterocycles. The van der Waals surface area contributed by atoms with Crippen molar-refractivity contribution in [1.29, 1.82) is 0 Å². The first kappa shape index (κ1) is 14.2. The summed E-state index contributed by atoms with van der Waals surface area (Å²) in [6.07, 6.45) is 2.59. The molecule has 106 valence electrons. The second kappa shape index (κ2) is 7.36. The van der Waals surface area contributed by atoms with Crippen LogP contribution in [0.25, 0.3) is 0 Å². The normalized spacial score (nSPS) is 14.4. The van der Waals surface area contributed by atoms with Gasteiger partial charge in [0.15, 0.2) is 18.3 Å². The van der Waals surface area contributed by atoms with Gasteiger partial charge in [-0.1, -0.05) is 6.07 Å². The van der Waals surface area contributed by atoms with Crippen LogP contribution in [-0.4, -0.2) is 27.1 Å². The van der Waals surface area contributed by atoms with E-state index in [1.165, 1.54) is 18.4 Å². The fourth-order valence-corrected chi connectivity index (χ4v) is 1.86. The Morgan fingerprint density at radius 3 is 2.74 bits per heavy atom. The van der Waals surface area contributed by atoms with Gasteiger partial charge >= 0.3 is 0 Å². The zero-order chi connectivity index (χ0) is 13.5. The van der Waals surface area contributed by atoms with Crippen LogP contribution in [0, 0.1) is 5.92 Å². The molecule has 0 radical (unpaired) electrons. The summed E-state index contributed by atoms with van der Waals surface area (Å²) in [6.45, 7) is 4.52. The number of hydrogen-bond donors (Lipinski definition) is 1. The van der Waals surface area contributed by atoms with E-state index < -0.39 is 0 Å². The summed E-state index contributed by atoms with van der Waals surface area (Å²) < 4.78 is 16.7. The van der Waals surface area contributed by atoms with Crippen LogP contribution in [0.15, 0.2) is 18.2 Å². The molecular weight excluding hydrogens is 242 g/mol. The summed E-state index contributed by atoms with van der Waals surface area (Å²) >= 11 is 0. The summed E-state index contributed by atoms with van der Waals surface area (Å²) in [7, 11) is 1.93. The van der Waals surface area contributed by atoms with Gasteiger partial charge in [0.2, 0.25) is 0 Å². The Morgan fingerprint density at radius 2 is 2.05 bits per heavy atom. The van der Waals surface area contributed by atoms with Crippen molar-refractivity contribution in [2.75, 3.05) is 27.1 Å². The van der Waals surface area contributed by atoms with Crippen molar-refractivity contribution in [2.45, 2.75) is 26.3 Å². The Hall–Kier alpha value is -1.26. The first-order chi connectivity index (χ1) is 9.33. The maximum atomic E-state index is 5.63. The van der Waals surface area contributed by atoms with Crippen molar-refractivity contribution in [2.24, 2.45) is 5.92 Å². The van der Waals surface area contributed by atoms with E-state index in [1.807, 2.05) is 32.2 Å². The smallest absolute Gasteiger partial charge is 0.189 e. The minimum Gasteiger partial charge on any atom is -0.490 e. The molecule has 0 spiro atoms. The largest absolute Gasteiger partial charge is 0.490 e. The van der Waals surface area contributed by atoms with E-state index in [0.717, 1.165) is 30.6 Å². The predicted molar refractivity (Wildman–Crippen MR) is 74.5 cm³/mol. The topological polar surface area (TPSA) is 39.7 Å². The molecule has 1 fully saturated rings. The molecule has 19 heavy (non-hydrogen) atoms. The lowest BCUT2D eigenvalue weighted by molar-refractivity contribution is 0.00839. The molecule has 1 aromatic rings. The van der Waals surface area contributed by atoms with Crippen molar-refractivity contribution in [3.8, 4) is 11.5 Å². The number of benzene rings is 1. The van der Waals surface area contributed by atoms with Crippen LogP contribution in [0.5, 0.6) is 11.5 Å². The van der Waals surface area contributed by atoms with Crippen LogP contribution in [0.3, 0.4) is 0 Å². The minimum absolute atomic E-state index is 0.294. The molecule has 1 N–H and O–H groups in total.